The number of nitrogens with zero attached hydrogens (tertiary/aromatic N) is 2. The molecule has 1 aliphatic rings. The number of carbonyl (C=O) groups is 2. The zero-order valence-electron chi connectivity index (χ0n) is 15.0. The summed E-state index contributed by atoms with van der Waals surface area (Å²) in [5.41, 5.74) is 3.13. The maximum atomic E-state index is 12.7. The van der Waals surface area contributed by atoms with E-state index in [2.05, 4.69) is 4.90 Å². The van der Waals surface area contributed by atoms with Gasteiger partial charge in [0.2, 0.25) is 0 Å². The molecular weight excluding hydrogens is 328 g/mol. The van der Waals surface area contributed by atoms with Gasteiger partial charge in [-0.25, -0.2) is 4.79 Å². The number of carbonyl (C=O) groups excluding carboxylic acids is 1. The van der Waals surface area contributed by atoms with Gasteiger partial charge in [0.1, 0.15) is 0 Å². The molecule has 3 rings (SSSR count). The lowest BCUT2D eigenvalue weighted by atomic mass is 10.1. The van der Waals surface area contributed by atoms with E-state index in [-0.39, 0.29) is 5.91 Å². The molecule has 1 saturated heterocycles. The first kappa shape index (κ1) is 18.1. The molecule has 1 aliphatic heterocycles. The summed E-state index contributed by atoms with van der Waals surface area (Å²) in [6.45, 7) is 5.81. The maximum absolute atomic E-state index is 12.7. The minimum Gasteiger partial charge on any atom is -0.478 e. The van der Waals surface area contributed by atoms with E-state index in [1.807, 2.05) is 42.2 Å². The van der Waals surface area contributed by atoms with Crippen LogP contribution in [0.5, 0.6) is 0 Å². The van der Waals surface area contributed by atoms with Crippen LogP contribution >= 0.6 is 0 Å². The number of carboxylic acids is 1. The van der Waals surface area contributed by atoms with Crippen molar-refractivity contribution in [3.8, 4) is 0 Å². The lowest BCUT2D eigenvalue weighted by molar-refractivity contribution is 0.0695. The second-order valence-electron chi connectivity index (χ2n) is 6.80. The molecule has 2 aromatic rings. The lowest BCUT2D eigenvalue weighted by Crippen LogP contribution is -2.35. The Kier molecular flexibility index (Phi) is 5.68. The van der Waals surface area contributed by atoms with Crippen LogP contribution in [0.15, 0.2) is 48.5 Å². The van der Waals surface area contributed by atoms with Gasteiger partial charge in [-0.05, 0) is 43.2 Å². The molecule has 0 bridgehead atoms. The van der Waals surface area contributed by atoms with Crippen molar-refractivity contribution in [1.82, 2.24) is 9.80 Å². The Labute approximate surface area is 153 Å². The van der Waals surface area contributed by atoms with Crippen LogP contribution in [0, 0.1) is 6.92 Å². The van der Waals surface area contributed by atoms with Gasteiger partial charge in [0.25, 0.3) is 5.91 Å². The predicted molar refractivity (Wildman–Crippen MR) is 100 cm³/mol. The second-order valence-corrected chi connectivity index (χ2v) is 6.80. The summed E-state index contributed by atoms with van der Waals surface area (Å²) in [5.74, 6) is -0.818. The van der Waals surface area contributed by atoms with Gasteiger partial charge in [0.15, 0.2) is 0 Å². The van der Waals surface area contributed by atoms with E-state index in [4.69, 9.17) is 5.11 Å². The fourth-order valence-electron chi connectivity index (χ4n) is 3.35. The summed E-state index contributed by atoms with van der Waals surface area (Å²) in [5, 5.41) is 9.13. The zero-order valence-corrected chi connectivity index (χ0v) is 15.0. The van der Waals surface area contributed by atoms with E-state index in [1.54, 1.807) is 18.2 Å². The average Bonchev–Trinajstić information content (AvgIpc) is 2.87. The highest BCUT2D eigenvalue weighted by Gasteiger charge is 2.20. The molecule has 2 aromatic carbocycles. The number of benzene rings is 2. The standard InChI is InChI=1S/C21H24N2O3/c1-16-5-2-7-18(13-16)20(24)23-10-4-9-22(11-12-23)15-17-6-3-8-19(14-17)21(25)26/h2-3,5-8,13-14H,4,9-12,15H2,1H3,(H,25,26). The van der Waals surface area contributed by atoms with Crippen molar-refractivity contribution in [2.45, 2.75) is 19.9 Å². The van der Waals surface area contributed by atoms with E-state index in [1.165, 1.54) is 0 Å². The van der Waals surface area contributed by atoms with Crippen LogP contribution < -0.4 is 0 Å². The van der Waals surface area contributed by atoms with Crippen molar-refractivity contribution in [2.75, 3.05) is 26.2 Å². The molecule has 0 aromatic heterocycles. The number of carboxylic acid groups (broad SMARTS) is 1. The Morgan fingerprint density at radius 3 is 2.50 bits per heavy atom. The first-order chi connectivity index (χ1) is 12.5. The molecular formula is C21H24N2O3. The van der Waals surface area contributed by atoms with Gasteiger partial charge in [0.05, 0.1) is 5.56 Å². The van der Waals surface area contributed by atoms with Crippen LogP contribution in [0.25, 0.3) is 0 Å². The van der Waals surface area contributed by atoms with Crippen LogP contribution in [-0.4, -0.2) is 53.0 Å². The molecule has 0 unspecified atom stereocenters. The molecule has 1 heterocycles. The number of aromatic carboxylic acids is 1. The average molecular weight is 352 g/mol. The van der Waals surface area contributed by atoms with Crippen molar-refractivity contribution in [1.29, 1.82) is 0 Å². The van der Waals surface area contributed by atoms with Crippen LogP contribution in [0.4, 0.5) is 0 Å². The van der Waals surface area contributed by atoms with E-state index >= 15 is 0 Å². The number of amides is 1. The van der Waals surface area contributed by atoms with Gasteiger partial charge in [-0.15, -0.1) is 0 Å². The summed E-state index contributed by atoms with van der Waals surface area (Å²) in [7, 11) is 0. The van der Waals surface area contributed by atoms with E-state index in [0.29, 0.717) is 18.7 Å². The molecule has 0 aliphatic carbocycles. The lowest BCUT2D eigenvalue weighted by Gasteiger charge is -2.22. The topological polar surface area (TPSA) is 60.9 Å². The monoisotopic (exact) mass is 352 g/mol. The van der Waals surface area contributed by atoms with Gasteiger partial charge in [-0.3, -0.25) is 9.69 Å². The number of rotatable bonds is 4. The van der Waals surface area contributed by atoms with E-state index in [9.17, 15) is 9.59 Å². The number of hydrogen-bond acceptors (Lipinski definition) is 3. The smallest absolute Gasteiger partial charge is 0.335 e. The second kappa shape index (κ2) is 8.15. The molecule has 1 N–H and O–H groups in total. The van der Waals surface area contributed by atoms with Gasteiger partial charge < -0.3 is 10.0 Å². The first-order valence-corrected chi connectivity index (χ1v) is 8.93. The van der Waals surface area contributed by atoms with Gasteiger partial charge in [-0.2, -0.15) is 0 Å². The van der Waals surface area contributed by atoms with Crippen LogP contribution in [0.1, 0.15) is 38.3 Å². The van der Waals surface area contributed by atoms with Crippen molar-refractivity contribution in [3.63, 3.8) is 0 Å². The third-order valence-corrected chi connectivity index (χ3v) is 4.72. The Morgan fingerprint density at radius 1 is 0.962 bits per heavy atom. The predicted octanol–water partition coefficient (Wildman–Crippen LogP) is 3.04. The highest BCUT2D eigenvalue weighted by Crippen LogP contribution is 2.14. The molecule has 26 heavy (non-hydrogen) atoms. The van der Waals surface area contributed by atoms with Crippen LogP contribution in [0.3, 0.4) is 0 Å². The fraction of sp³-hybridized carbons (Fsp3) is 0.333. The van der Waals surface area contributed by atoms with Crippen molar-refractivity contribution in [3.05, 3.63) is 70.8 Å². The fourth-order valence-corrected chi connectivity index (χ4v) is 3.35. The van der Waals surface area contributed by atoms with Gasteiger partial charge in [-0.1, -0.05) is 29.8 Å². The molecule has 5 heteroatoms. The molecule has 1 fully saturated rings. The van der Waals surface area contributed by atoms with Gasteiger partial charge >= 0.3 is 5.97 Å². The van der Waals surface area contributed by atoms with Crippen LogP contribution in [-0.2, 0) is 6.54 Å². The highest BCUT2D eigenvalue weighted by molar-refractivity contribution is 5.94. The molecule has 136 valence electrons. The minimum absolute atomic E-state index is 0.0865. The largest absolute Gasteiger partial charge is 0.478 e. The quantitative estimate of drug-likeness (QED) is 0.919. The van der Waals surface area contributed by atoms with E-state index < -0.39 is 5.97 Å². The number of hydrogen-bond donors (Lipinski definition) is 1. The molecule has 5 nitrogen and oxygen atoms in total. The highest BCUT2D eigenvalue weighted by atomic mass is 16.4. The molecule has 0 atom stereocenters. The minimum atomic E-state index is -0.905. The summed E-state index contributed by atoms with van der Waals surface area (Å²) in [6, 6.07) is 14.8. The third-order valence-electron chi connectivity index (χ3n) is 4.72. The zero-order chi connectivity index (χ0) is 18.5. The van der Waals surface area contributed by atoms with Crippen molar-refractivity contribution >= 4 is 11.9 Å². The Bertz CT molecular complexity index is 803. The van der Waals surface area contributed by atoms with Crippen LogP contribution in [0.2, 0.25) is 0 Å². The van der Waals surface area contributed by atoms with Crippen molar-refractivity contribution in [2.24, 2.45) is 0 Å². The Hall–Kier alpha value is -2.66. The summed E-state index contributed by atoms with van der Waals surface area (Å²) >= 11 is 0. The normalized spacial score (nSPS) is 15.5. The molecule has 1 amide bonds. The molecule has 0 radical (unpaired) electrons. The maximum Gasteiger partial charge on any atom is 0.335 e. The summed E-state index contributed by atoms with van der Waals surface area (Å²) in [6.07, 6.45) is 0.913. The van der Waals surface area contributed by atoms with E-state index in [0.717, 1.165) is 42.7 Å². The molecule has 0 saturated carbocycles. The van der Waals surface area contributed by atoms with Crippen molar-refractivity contribution < 1.29 is 14.7 Å². The third kappa shape index (κ3) is 4.49. The SMILES string of the molecule is Cc1cccc(C(=O)N2CCCN(Cc3cccc(C(=O)O)c3)CC2)c1. The van der Waals surface area contributed by atoms with Gasteiger partial charge in [0, 0.05) is 38.3 Å². The summed E-state index contributed by atoms with van der Waals surface area (Å²) in [4.78, 5) is 28.1. The Balaban J connectivity index is 1.62. The first-order valence-electron chi connectivity index (χ1n) is 8.93. The Morgan fingerprint density at radius 2 is 1.73 bits per heavy atom. The number of aryl methyl sites for hydroxylation is 1. The summed E-state index contributed by atoms with van der Waals surface area (Å²) < 4.78 is 0. The molecule has 0 spiro atoms.